The molecule has 2 heterocycles. The molecule has 2 atom stereocenters. The number of fused-ring (bicyclic) bond motifs is 1. The summed E-state index contributed by atoms with van der Waals surface area (Å²) >= 11 is 0. The van der Waals surface area contributed by atoms with Crippen LogP contribution in [0.5, 0.6) is 5.75 Å². The zero-order valence-electron chi connectivity index (χ0n) is 26.2. The van der Waals surface area contributed by atoms with Gasteiger partial charge in [-0.2, -0.15) is 0 Å². The molecule has 0 aromatic heterocycles. The van der Waals surface area contributed by atoms with Gasteiger partial charge in [-0.05, 0) is 65.2 Å². The molecule has 1 saturated heterocycles. The van der Waals surface area contributed by atoms with Crippen LogP contribution in [0.15, 0.2) is 12.1 Å². The van der Waals surface area contributed by atoms with Gasteiger partial charge in [0.05, 0.1) is 18.3 Å². The fourth-order valence-corrected chi connectivity index (χ4v) is 5.38. The molecule has 43 heavy (non-hydrogen) atoms. The molecule has 0 radical (unpaired) electrons. The first-order valence-corrected chi connectivity index (χ1v) is 14.8. The molecule has 2 aliphatic rings. The number of rotatable bonds is 10. The molecular weight excluding hydrogens is 558 g/mol. The maximum atomic E-state index is 14.2. The number of piperidine rings is 1. The number of nitrogens with two attached hydrogens (primary N) is 1. The number of esters is 1. The number of nitrogens with zero attached hydrogens (tertiary/aromatic N) is 3. The monoisotopic (exact) mass is 603 g/mol. The van der Waals surface area contributed by atoms with Crippen molar-refractivity contribution in [1.29, 1.82) is 0 Å². The largest absolute Gasteiger partial charge is 0.476 e. The van der Waals surface area contributed by atoms with Crippen LogP contribution in [-0.2, 0) is 23.9 Å². The quantitative estimate of drug-likeness (QED) is 0.302. The number of aryl methyl sites for hydroxylation is 1. The van der Waals surface area contributed by atoms with E-state index in [4.69, 9.17) is 19.9 Å². The first kappa shape index (κ1) is 33.6. The Hall–Kier alpha value is -3.87. The van der Waals surface area contributed by atoms with Crippen molar-refractivity contribution in [1.82, 2.24) is 15.1 Å². The molecule has 238 valence electrons. The van der Waals surface area contributed by atoms with Crippen LogP contribution in [0.3, 0.4) is 0 Å². The summed E-state index contributed by atoms with van der Waals surface area (Å²) in [6.45, 7) is 13.0. The zero-order chi connectivity index (χ0) is 32.1. The average Bonchev–Trinajstić information content (AvgIpc) is 2.94. The van der Waals surface area contributed by atoms with Crippen molar-refractivity contribution in [3.63, 3.8) is 0 Å². The van der Waals surface area contributed by atoms with Gasteiger partial charge >= 0.3 is 12.1 Å². The number of amides is 4. The molecule has 0 saturated carbocycles. The first-order valence-electron chi connectivity index (χ1n) is 14.8. The Balaban J connectivity index is 1.86. The van der Waals surface area contributed by atoms with Crippen LogP contribution in [0.1, 0.15) is 76.7 Å². The van der Waals surface area contributed by atoms with Gasteiger partial charge in [0.15, 0.2) is 5.60 Å². The lowest BCUT2D eigenvalue weighted by Crippen LogP contribution is -2.55. The average molecular weight is 604 g/mol. The lowest BCUT2D eigenvalue weighted by Gasteiger charge is -2.42. The molecule has 0 bridgehead atoms. The van der Waals surface area contributed by atoms with Gasteiger partial charge in [-0.1, -0.05) is 6.92 Å². The first-order chi connectivity index (χ1) is 20.2. The van der Waals surface area contributed by atoms with Crippen LogP contribution in [0.25, 0.3) is 0 Å². The molecule has 1 unspecified atom stereocenters. The molecule has 3 rings (SSSR count). The number of hydrogen-bond acceptors (Lipinski definition) is 9. The van der Waals surface area contributed by atoms with Crippen LogP contribution in [-0.4, -0.2) is 96.3 Å². The Kier molecular flexibility index (Phi) is 11.0. The number of carbonyl (C=O) groups excluding carboxylic acids is 5. The molecule has 2 aliphatic heterocycles. The van der Waals surface area contributed by atoms with E-state index >= 15 is 0 Å². The standard InChI is InChI=1S/C30H45N5O8/c1-8-25(36)32-11-13-34-23-15-22(19(4)14-24(23)43-30(6,7)28(34)39)27(38)35(18(2)3)21-10-9-12-33(17-21)29(40)42-20(5)41-26(37)16-31/h14-15,18,20-21H,8-13,16-17,31H2,1-7H3,(H,32,36)/t20?,21-/m1/s1. The summed E-state index contributed by atoms with van der Waals surface area (Å²) in [4.78, 5) is 68.5. The second-order valence-electron chi connectivity index (χ2n) is 11.6. The SMILES string of the molecule is CCC(=O)NCCN1C(=O)C(C)(C)Oc2cc(C)c(C(=O)N(C(C)C)[C@@H]3CCCN(C(=O)OC(C)OC(=O)CN)C3)cc21. The van der Waals surface area contributed by atoms with E-state index in [0.29, 0.717) is 48.4 Å². The van der Waals surface area contributed by atoms with Gasteiger partial charge < -0.3 is 40.0 Å². The summed E-state index contributed by atoms with van der Waals surface area (Å²) in [7, 11) is 0. The van der Waals surface area contributed by atoms with Crippen LogP contribution in [0.4, 0.5) is 10.5 Å². The number of carbonyl (C=O) groups is 5. The van der Waals surface area contributed by atoms with E-state index in [0.717, 1.165) is 0 Å². The van der Waals surface area contributed by atoms with Crippen molar-refractivity contribution in [2.75, 3.05) is 37.6 Å². The van der Waals surface area contributed by atoms with Gasteiger partial charge in [-0.25, -0.2) is 4.79 Å². The summed E-state index contributed by atoms with van der Waals surface area (Å²) in [6.07, 6.45) is -0.0937. The minimum Gasteiger partial charge on any atom is -0.476 e. The van der Waals surface area contributed by atoms with Crippen molar-refractivity contribution in [3.8, 4) is 5.75 Å². The van der Waals surface area contributed by atoms with Crippen molar-refractivity contribution in [3.05, 3.63) is 23.3 Å². The molecule has 4 amide bonds. The van der Waals surface area contributed by atoms with Gasteiger partial charge in [-0.3, -0.25) is 19.2 Å². The van der Waals surface area contributed by atoms with E-state index in [9.17, 15) is 24.0 Å². The summed E-state index contributed by atoms with van der Waals surface area (Å²) in [5, 5.41) is 2.80. The third-order valence-electron chi connectivity index (χ3n) is 7.50. The fourth-order valence-electron chi connectivity index (χ4n) is 5.38. The second-order valence-corrected chi connectivity index (χ2v) is 11.6. The lowest BCUT2D eigenvalue weighted by molar-refractivity contribution is -0.164. The van der Waals surface area contributed by atoms with Gasteiger partial charge in [-0.15, -0.1) is 0 Å². The Morgan fingerprint density at radius 1 is 1.19 bits per heavy atom. The molecule has 1 fully saturated rings. The fraction of sp³-hybridized carbons (Fsp3) is 0.633. The van der Waals surface area contributed by atoms with E-state index in [1.54, 1.807) is 42.7 Å². The summed E-state index contributed by atoms with van der Waals surface area (Å²) in [6, 6.07) is 2.94. The van der Waals surface area contributed by atoms with Crippen molar-refractivity contribution >= 4 is 35.5 Å². The van der Waals surface area contributed by atoms with Crippen LogP contribution in [0, 0.1) is 6.92 Å². The predicted molar refractivity (Wildman–Crippen MR) is 159 cm³/mol. The maximum Gasteiger partial charge on any atom is 0.412 e. The van der Waals surface area contributed by atoms with Crippen molar-refractivity contribution in [2.45, 2.75) is 91.7 Å². The zero-order valence-corrected chi connectivity index (χ0v) is 26.2. The van der Waals surface area contributed by atoms with Crippen molar-refractivity contribution < 1.29 is 38.2 Å². The number of anilines is 1. The minimum absolute atomic E-state index is 0.121. The number of ether oxygens (including phenoxy) is 3. The second kappa shape index (κ2) is 14.1. The number of nitrogens with one attached hydrogen (secondary N) is 1. The highest BCUT2D eigenvalue weighted by Gasteiger charge is 2.42. The summed E-state index contributed by atoms with van der Waals surface area (Å²) in [5.74, 6) is -0.843. The smallest absolute Gasteiger partial charge is 0.412 e. The third-order valence-corrected chi connectivity index (χ3v) is 7.50. The highest BCUT2D eigenvalue weighted by molar-refractivity contribution is 6.05. The van der Waals surface area contributed by atoms with E-state index in [1.165, 1.54) is 11.8 Å². The number of likely N-dealkylation sites (tertiary alicyclic amines) is 1. The van der Waals surface area contributed by atoms with E-state index < -0.39 is 24.0 Å². The van der Waals surface area contributed by atoms with Crippen molar-refractivity contribution in [2.24, 2.45) is 5.73 Å². The van der Waals surface area contributed by atoms with Crippen LogP contribution < -0.4 is 20.7 Å². The summed E-state index contributed by atoms with van der Waals surface area (Å²) < 4.78 is 16.3. The Bertz CT molecular complexity index is 1230. The van der Waals surface area contributed by atoms with Gasteiger partial charge in [0, 0.05) is 51.1 Å². The predicted octanol–water partition coefficient (Wildman–Crippen LogP) is 2.32. The molecule has 0 aliphatic carbocycles. The van der Waals surface area contributed by atoms with E-state index in [-0.39, 0.29) is 56.0 Å². The molecule has 0 spiro atoms. The topological polar surface area (TPSA) is 161 Å². The van der Waals surface area contributed by atoms with E-state index in [2.05, 4.69) is 5.32 Å². The Morgan fingerprint density at radius 3 is 2.51 bits per heavy atom. The summed E-state index contributed by atoms with van der Waals surface area (Å²) in [5.41, 5.74) is 5.69. The third kappa shape index (κ3) is 7.95. The molecule has 1 aromatic carbocycles. The number of benzene rings is 1. The maximum absolute atomic E-state index is 14.2. The van der Waals surface area contributed by atoms with Crippen LogP contribution in [0.2, 0.25) is 0 Å². The minimum atomic E-state index is -1.12. The highest BCUT2D eigenvalue weighted by atomic mass is 16.7. The normalized spacial score (nSPS) is 18.3. The molecule has 13 nitrogen and oxygen atoms in total. The molecule has 1 aromatic rings. The molecule has 3 N–H and O–H groups in total. The van der Waals surface area contributed by atoms with Crippen LogP contribution >= 0.6 is 0 Å². The molecule has 13 heteroatoms. The Labute approximate surface area is 252 Å². The molecular formula is C30H45N5O8. The lowest BCUT2D eigenvalue weighted by atomic mass is 9.97. The van der Waals surface area contributed by atoms with Gasteiger partial charge in [0.25, 0.3) is 11.8 Å². The number of hydrogen-bond donors (Lipinski definition) is 2. The van der Waals surface area contributed by atoms with E-state index in [1.807, 2.05) is 20.8 Å². The van der Waals surface area contributed by atoms with Gasteiger partial charge in [0.1, 0.15) is 5.75 Å². The van der Waals surface area contributed by atoms with Gasteiger partial charge in [0.2, 0.25) is 12.2 Å². The Morgan fingerprint density at radius 2 is 1.88 bits per heavy atom. The highest BCUT2D eigenvalue weighted by Crippen LogP contribution is 2.40.